The van der Waals surface area contributed by atoms with Gasteiger partial charge in [0.05, 0.1) is 10.6 Å². The van der Waals surface area contributed by atoms with Gasteiger partial charge in [-0.05, 0) is 81.1 Å². The molecule has 0 aliphatic carbocycles. The Morgan fingerprint density at radius 2 is 1.43 bits per heavy atom. The van der Waals surface area contributed by atoms with Gasteiger partial charge >= 0.3 is 0 Å². The van der Waals surface area contributed by atoms with E-state index in [-0.39, 0.29) is 29.5 Å². The summed E-state index contributed by atoms with van der Waals surface area (Å²) >= 11 is 0. The maximum absolute atomic E-state index is 15.1. The average molecular weight is 644 g/mol. The fourth-order valence-electron chi connectivity index (χ4n) is 5.27. The highest BCUT2D eigenvalue weighted by Crippen LogP contribution is 2.27. The smallest absolute Gasteiger partial charge is 0.264 e. The van der Waals surface area contributed by atoms with Crippen LogP contribution >= 0.6 is 0 Å². The predicted octanol–water partition coefficient (Wildman–Crippen LogP) is 6.50. The van der Waals surface area contributed by atoms with Crippen molar-refractivity contribution in [2.24, 2.45) is 0 Å². The van der Waals surface area contributed by atoms with Crippen molar-refractivity contribution in [2.75, 3.05) is 10.8 Å². The molecule has 0 aliphatic heterocycles. The summed E-state index contributed by atoms with van der Waals surface area (Å²) in [6, 6.07) is 25.9. The molecule has 0 unspecified atom stereocenters. The Balaban J connectivity index is 1.84. The molecule has 7 nitrogen and oxygen atoms in total. The molecule has 1 N–H and O–H groups in total. The maximum atomic E-state index is 15.1. The molecule has 4 rings (SSSR count). The highest BCUT2D eigenvalue weighted by atomic mass is 32.2. The van der Waals surface area contributed by atoms with Crippen LogP contribution in [0.5, 0.6) is 0 Å². The van der Waals surface area contributed by atoms with Gasteiger partial charge in [0, 0.05) is 24.6 Å². The van der Waals surface area contributed by atoms with Gasteiger partial charge in [-0.1, -0.05) is 79.2 Å². The average Bonchev–Trinajstić information content (AvgIpc) is 3.02. The van der Waals surface area contributed by atoms with Crippen LogP contribution in [0, 0.1) is 26.6 Å². The van der Waals surface area contributed by atoms with E-state index < -0.39 is 40.2 Å². The van der Waals surface area contributed by atoms with Crippen LogP contribution in [-0.4, -0.2) is 43.8 Å². The molecule has 46 heavy (non-hydrogen) atoms. The third-order valence-electron chi connectivity index (χ3n) is 7.95. The number of sulfonamides is 1. The summed E-state index contributed by atoms with van der Waals surface area (Å²) in [5, 5.41) is 2.99. The minimum Gasteiger partial charge on any atom is -0.352 e. The zero-order chi connectivity index (χ0) is 33.4. The van der Waals surface area contributed by atoms with E-state index in [2.05, 4.69) is 5.32 Å². The topological polar surface area (TPSA) is 86.8 Å². The molecule has 0 saturated heterocycles. The lowest BCUT2D eigenvalue weighted by molar-refractivity contribution is -0.140. The number of rotatable bonds is 13. The van der Waals surface area contributed by atoms with Gasteiger partial charge in [-0.25, -0.2) is 12.8 Å². The first-order chi connectivity index (χ1) is 21.9. The number of carbonyl (C=O) groups is 2. The number of carbonyl (C=O) groups excluding carboxylic acids is 2. The first-order valence-electron chi connectivity index (χ1n) is 15.4. The standard InChI is InChI=1S/C37H42FN3O4S/c1-6-29(5)39-37(43)35(23-30-12-8-7-9-13-30)40(24-31-14-10-11-15-34(31)38)36(42)25-41(32-21-27(3)20-28(4)22-32)46(44,45)33-18-16-26(2)17-19-33/h7-22,29,35H,6,23-25H2,1-5H3,(H,39,43)/t29-,35+/m1/s1. The van der Waals surface area contributed by atoms with Crippen LogP contribution in [0.4, 0.5) is 10.1 Å². The minimum atomic E-state index is -4.23. The Morgan fingerprint density at radius 3 is 2.04 bits per heavy atom. The molecule has 0 saturated carbocycles. The van der Waals surface area contributed by atoms with E-state index in [1.54, 1.807) is 42.5 Å². The molecule has 0 bridgehead atoms. The van der Waals surface area contributed by atoms with Crippen LogP contribution in [0.2, 0.25) is 0 Å². The quantitative estimate of drug-likeness (QED) is 0.180. The lowest BCUT2D eigenvalue weighted by atomic mass is 10.0. The summed E-state index contributed by atoms with van der Waals surface area (Å²) in [7, 11) is -4.23. The number of amides is 2. The number of anilines is 1. The van der Waals surface area contributed by atoms with Crippen molar-refractivity contribution in [3.8, 4) is 0 Å². The molecule has 0 heterocycles. The molecule has 0 aliphatic rings. The summed E-state index contributed by atoms with van der Waals surface area (Å²) in [5.41, 5.74) is 3.87. The number of halogens is 1. The van der Waals surface area contributed by atoms with Crippen LogP contribution in [-0.2, 0) is 32.6 Å². The number of benzene rings is 4. The van der Waals surface area contributed by atoms with Crippen molar-refractivity contribution in [2.45, 2.75) is 71.0 Å². The Labute approximate surface area is 272 Å². The molecular formula is C37H42FN3O4S. The van der Waals surface area contributed by atoms with E-state index in [4.69, 9.17) is 0 Å². The Hall–Kier alpha value is -4.50. The highest BCUT2D eigenvalue weighted by Gasteiger charge is 2.35. The first kappa shape index (κ1) is 34.4. The zero-order valence-electron chi connectivity index (χ0n) is 27.0. The molecule has 2 amide bonds. The van der Waals surface area contributed by atoms with Gasteiger partial charge in [0.25, 0.3) is 10.0 Å². The maximum Gasteiger partial charge on any atom is 0.264 e. The molecule has 4 aromatic rings. The monoisotopic (exact) mass is 643 g/mol. The van der Waals surface area contributed by atoms with E-state index in [9.17, 15) is 18.0 Å². The first-order valence-corrected chi connectivity index (χ1v) is 16.9. The van der Waals surface area contributed by atoms with E-state index in [0.717, 1.165) is 26.6 Å². The third kappa shape index (κ3) is 8.60. The van der Waals surface area contributed by atoms with Gasteiger partial charge in [0.1, 0.15) is 18.4 Å². The summed E-state index contributed by atoms with van der Waals surface area (Å²) in [5.74, 6) is -1.57. The Morgan fingerprint density at radius 1 is 0.826 bits per heavy atom. The molecule has 4 aromatic carbocycles. The molecular weight excluding hydrogens is 601 g/mol. The van der Waals surface area contributed by atoms with Gasteiger partial charge in [-0.3, -0.25) is 13.9 Å². The SMILES string of the molecule is CC[C@@H](C)NC(=O)[C@H](Cc1ccccc1)N(Cc1ccccc1F)C(=O)CN(c1cc(C)cc(C)c1)S(=O)(=O)c1ccc(C)cc1. The van der Waals surface area contributed by atoms with Crippen LogP contribution in [0.25, 0.3) is 0 Å². The summed E-state index contributed by atoms with van der Waals surface area (Å²) in [4.78, 5) is 29.8. The lowest BCUT2D eigenvalue weighted by Crippen LogP contribution is -2.54. The van der Waals surface area contributed by atoms with Crippen molar-refractivity contribution >= 4 is 27.5 Å². The summed E-state index contributed by atoms with van der Waals surface area (Å²) in [6.07, 6.45) is 0.817. The second-order valence-electron chi connectivity index (χ2n) is 11.8. The number of hydrogen-bond donors (Lipinski definition) is 1. The summed E-state index contributed by atoms with van der Waals surface area (Å²) in [6.45, 7) is 8.55. The van der Waals surface area contributed by atoms with E-state index in [0.29, 0.717) is 12.1 Å². The zero-order valence-corrected chi connectivity index (χ0v) is 27.9. The minimum absolute atomic E-state index is 0.0288. The molecule has 9 heteroatoms. The van der Waals surface area contributed by atoms with Gasteiger partial charge in [-0.15, -0.1) is 0 Å². The Kier molecular flexibility index (Phi) is 11.4. The highest BCUT2D eigenvalue weighted by molar-refractivity contribution is 7.92. The van der Waals surface area contributed by atoms with Gasteiger partial charge in [-0.2, -0.15) is 0 Å². The second kappa shape index (κ2) is 15.2. The van der Waals surface area contributed by atoms with E-state index in [1.165, 1.54) is 23.1 Å². The Bertz CT molecular complexity index is 1740. The van der Waals surface area contributed by atoms with Gasteiger partial charge < -0.3 is 10.2 Å². The fourth-order valence-corrected chi connectivity index (χ4v) is 6.66. The van der Waals surface area contributed by atoms with Crippen molar-refractivity contribution in [3.63, 3.8) is 0 Å². The van der Waals surface area contributed by atoms with Gasteiger partial charge in [0.2, 0.25) is 11.8 Å². The summed E-state index contributed by atoms with van der Waals surface area (Å²) < 4.78 is 44.6. The molecule has 0 spiro atoms. The van der Waals surface area contributed by atoms with Crippen LogP contribution < -0.4 is 9.62 Å². The van der Waals surface area contributed by atoms with Crippen LogP contribution in [0.15, 0.2) is 102 Å². The van der Waals surface area contributed by atoms with E-state index in [1.807, 2.05) is 71.0 Å². The third-order valence-corrected chi connectivity index (χ3v) is 9.74. The normalized spacial score (nSPS) is 12.7. The molecule has 0 radical (unpaired) electrons. The molecule has 0 aromatic heterocycles. The fraction of sp³-hybridized carbons (Fsp3) is 0.297. The van der Waals surface area contributed by atoms with Crippen molar-refractivity contribution < 1.29 is 22.4 Å². The van der Waals surface area contributed by atoms with Crippen molar-refractivity contribution in [1.29, 1.82) is 0 Å². The predicted molar refractivity (Wildman–Crippen MR) is 180 cm³/mol. The van der Waals surface area contributed by atoms with E-state index >= 15 is 4.39 Å². The number of nitrogens with zero attached hydrogens (tertiary/aromatic N) is 2. The largest absolute Gasteiger partial charge is 0.352 e. The second-order valence-corrected chi connectivity index (χ2v) is 13.7. The van der Waals surface area contributed by atoms with Gasteiger partial charge in [0.15, 0.2) is 0 Å². The van der Waals surface area contributed by atoms with Crippen molar-refractivity contribution in [1.82, 2.24) is 10.2 Å². The lowest BCUT2D eigenvalue weighted by Gasteiger charge is -2.34. The number of aryl methyl sites for hydroxylation is 3. The van der Waals surface area contributed by atoms with Crippen molar-refractivity contribution in [3.05, 3.63) is 131 Å². The molecule has 0 fully saturated rings. The number of nitrogens with one attached hydrogen (secondary N) is 1. The van der Waals surface area contributed by atoms with Crippen LogP contribution in [0.3, 0.4) is 0 Å². The molecule has 2 atom stereocenters. The molecule has 242 valence electrons. The van der Waals surface area contributed by atoms with Crippen LogP contribution in [0.1, 0.15) is 48.1 Å². The number of hydrogen-bond acceptors (Lipinski definition) is 4.